The topological polar surface area (TPSA) is 135 Å². The molecule has 1 atom stereocenters. The van der Waals surface area contributed by atoms with E-state index in [9.17, 15) is 18.8 Å². The van der Waals surface area contributed by atoms with Crippen molar-refractivity contribution in [3.8, 4) is 0 Å². The van der Waals surface area contributed by atoms with Gasteiger partial charge in [0.1, 0.15) is 16.7 Å². The van der Waals surface area contributed by atoms with Gasteiger partial charge in [0.2, 0.25) is 5.91 Å². The number of nitrogens with one attached hydrogen (secondary N) is 1. The van der Waals surface area contributed by atoms with Crippen molar-refractivity contribution in [2.24, 2.45) is 5.73 Å². The molecular formula is C28H33FN6O3S. The average molecular weight is 553 g/mol. The van der Waals surface area contributed by atoms with Crippen LogP contribution < -0.4 is 21.7 Å². The lowest BCUT2D eigenvalue weighted by Crippen LogP contribution is -2.46. The van der Waals surface area contributed by atoms with E-state index in [4.69, 9.17) is 11.5 Å². The number of hydrogen-bond acceptors (Lipinski definition) is 7. The Morgan fingerprint density at radius 1 is 1.05 bits per heavy atom. The lowest BCUT2D eigenvalue weighted by molar-refractivity contribution is -0.127. The maximum Gasteiger partial charge on any atom is 0.270 e. The number of nitrogens with zero attached hydrogens (tertiary/aromatic N) is 3. The van der Waals surface area contributed by atoms with Gasteiger partial charge < -0.3 is 26.6 Å². The molecule has 1 aliphatic rings. The van der Waals surface area contributed by atoms with Crippen molar-refractivity contribution in [1.29, 1.82) is 0 Å². The molecule has 9 nitrogen and oxygen atoms in total. The van der Waals surface area contributed by atoms with E-state index < -0.39 is 23.7 Å². The minimum atomic E-state index is -1.03. The van der Waals surface area contributed by atoms with Crippen LogP contribution in [0.2, 0.25) is 0 Å². The second-order valence-corrected chi connectivity index (χ2v) is 10.7. The van der Waals surface area contributed by atoms with Crippen LogP contribution in [0.5, 0.6) is 0 Å². The number of anilines is 2. The number of nitrogen functional groups attached to an aromatic ring is 1. The first kappa shape index (κ1) is 28.0. The Morgan fingerprint density at radius 2 is 1.69 bits per heavy atom. The number of nitrogens with two attached hydrogens (primary N) is 2. The molecule has 0 unspecified atom stereocenters. The first-order chi connectivity index (χ1) is 18.7. The Balaban J connectivity index is 1.79. The van der Waals surface area contributed by atoms with Crippen LogP contribution in [0, 0.1) is 5.82 Å². The zero-order valence-electron chi connectivity index (χ0n) is 22.0. The van der Waals surface area contributed by atoms with Gasteiger partial charge in [-0.05, 0) is 59.8 Å². The van der Waals surface area contributed by atoms with Crippen LogP contribution in [-0.4, -0.2) is 47.1 Å². The fraction of sp³-hybridized carbons (Fsp3) is 0.357. The van der Waals surface area contributed by atoms with Gasteiger partial charge in [-0.25, -0.2) is 4.39 Å². The third-order valence-electron chi connectivity index (χ3n) is 6.92. The molecule has 0 saturated heterocycles. The summed E-state index contributed by atoms with van der Waals surface area (Å²) in [6.07, 6.45) is 4.92. The molecule has 3 amide bonds. The Kier molecular flexibility index (Phi) is 8.80. The van der Waals surface area contributed by atoms with Crippen LogP contribution in [0.25, 0.3) is 0 Å². The van der Waals surface area contributed by atoms with Crippen molar-refractivity contribution >= 4 is 40.6 Å². The predicted octanol–water partition coefficient (Wildman–Crippen LogP) is 3.86. The minimum Gasteiger partial charge on any atom is -0.395 e. The number of hydrogen-bond donors (Lipinski definition) is 3. The van der Waals surface area contributed by atoms with Gasteiger partial charge in [0, 0.05) is 32.4 Å². The van der Waals surface area contributed by atoms with Crippen LogP contribution in [0.4, 0.5) is 15.8 Å². The van der Waals surface area contributed by atoms with Crippen molar-refractivity contribution in [3.63, 3.8) is 0 Å². The lowest BCUT2D eigenvalue weighted by Gasteiger charge is -2.33. The van der Waals surface area contributed by atoms with Crippen molar-refractivity contribution in [3.05, 3.63) is 76.0 Å². The molecule has 5 N–H and O–H groups in total. The van der Waals surface area contributed by atoms with Crippen LogP contribution in [0.1, 0.15) is 69.4 Å². The first-order valence-corrected chi connectivity index (χ1v) is 13.6. The average Bonchev–Trinajstić information content (AvgIpc) is 3.31. The summed E-state index contributed by atoms with van der Waals surface area (Å²) >= 11 is 0.755. The number of rotatable bonds is 9. The molecule has 1 saturated carbocycles. The van der Waals surface area contributed by atoms with Crippen LogP contribution in [-0.2, 0) is 11.3 Å². The Morgan fingerprint density at radius 3 is 2.26 bits per heavy atom. The normalized spacial score (nSPS) is 14.4. The summed E-state index contributed by atoms with van der Waals surface area (Å²) in [6.45, 7) is -0.0133. The van der Waals surface area contributed by atoms with E-state index in [0.717, 1.165) is 49.3 Å². The number of aromatic nitrogens is 1. The van der Waals surface area contributed by atoms with E-state index in [1.54, 1.807) is 12.1 Å². The third kappa shape index (κ3) is 6.54. The van der Waals surface area contributed by atoms with Gasteiger partial charge in [-0.15, -0.1) is 0 Å². The van der Waals surface area contributed by atoms with Gasteiger partial charge in [-0.1, -0.05) is 43.5 Å². The Labute approximate surface area is 231 Å². The minimum absolute atomic E-state index is 0.00582. The number of amides is 3. The highest BCUT2D eigenvalue weighted by molar-refractivity contribution is 7.09. The van der Waals surface area contributed by atoms with Crippen LogP contribution in [0.15, 0.2) is 48.5 Å². The van der Waals surface area contributed by atoms with Crippen molar-refractivity contribution in [1.82, 2.24) is 14.6 Å². The number of primary amides is 1. The monoisotopic (exact) mass is 552 g/mol. The molecule has 206 valence electrons. The molecule has 11 heteroatoms. The SMILES string of the molecule is CN(C)c1ccc([C@H](C(=O)NC2CCCCC2)N(Cc2ccc(F)cc2)C(=O)c2snc(C(N)=O)c2N)cc1. The molecular weight excluding hydrogens is 519 g/mol. The molecule has 0 spiro atoms. The number of carbonyl (C=O) groups is 3. The van der Waals surface area contributed by atoms with E-state index in [2.05, 4.69) is 9.69 Å². The van der Waals surface area contributed by atoms with Crippen molar-refractivity contribution in [2.45, 2.75) is 50.7 Å². The van der Waals surface area contributed by atoms with Gasteiger partial charge in [0.15, 0.2) is 5.69 Å². The van der Waals surface area contributed by atoms with Gasteiger partial charge in [-0.3, -0.25) is 14.4 Å². The zero-order chi connectivity index (χ0) is 28.1. The standard InChI is InChI=1S/C28H33FN6O3S/c1-34(2)21-14-10-18(11-15-21)24(27(37)32-20-6-4-3-5-7-20)35(16-17-8-12-19(29)13-9-17)28(38)25-22(30)23(26(31)36)33-39-25/h8-15,20,24H,3-7,16,30H2,1-2H3,(H2,31,36)(H,32,37)/t24-/m1/s1. The summed E-state index contributed by atoms with van der Waals surface area (Å²) in [5.74, 6) is -2.17. The summed E-state index contributed by atoms with van der Waals surface area (Å²) in [4.78, 5) is 43.1. The maximum absolute atomic E-state index is 14.1. The molecule has 1 aromatic heterocycles. The zero-order valence-corrected chi connectivity index (χ0v) is 22.8. The second-order valence-electron chi connectivity index (χ2n) is 9.93. The first-order valence-electron chi connectivity index (χ1n) is 12.8. The molecule has 4 rings (SSSR count). The van der Waals surface area contributed by atoms with Crippen molar-refractivity contribution < 1.29 is 18.8 Å². The number of carbonyl (C=O) groups excluding carboxylic acids is 3. The maximum atomic E-state index is 14.1. The summed E-state index contributed by atoms with van der Waals surface area (Å²) in [5.41, 5.74) is 13.3. The molecule has 2 aromatic carbocycles. The van der Waals surface area contributed by atoms with Crippen molar-refractivity contribution in [2.75, 3.05) is 24.7 Å². The third-order valence-corrected chi connectivity index (χ3v) is 7.77. The summed E-state index contributed by atoms with van der Waals surface area (Å²) in [5, 5.41) is 3.15. The molecule has 3 aromatic rings. The van der Waals surface area contributed by atoms with E-state index in [1.807, 2.05) is 43.3 Å². The van der Waals surface area contributed by atoms with Crippen LogP contribution >= 0.6 is 11.5 Å². The second kappa shape index (κ2) is 12.2. The lowest BCUT2D eigenvalue weighted by atomic mass is 9.94. The summed E-state index contributed by atoms with van der Waals surface area (Å²) < 4.78 is 17.7. The van der Waals surface area contributed by atoms with Gasteiger partial charge >= 0.3 is 0 Å². The number of halogens is 1. The molecule has 39 heavy (non-hydrogen) atoms. The highest BCUT2D eigenvalue weighted by atomic mass is 32.1. The Bertz CT molecular complexity index is 1320. The van der Waals surface area contributed by atoms with Gasteiger partial charge in [0.25, 0.3) is 11.8 Å². The van der Waals surface area contributed by atoms with E-state index in [1.165, 1.54) is 17.0 Å². The summed E-state index contributed by atoms with van der Waals surface area (Å²) in [7, 11) is 3.82. The fourth-order valence-corrected chi connectivity index (χ4v) is 5.54. The largest absolute Gasteiger partial charge is 0.395 e. The summed E-state index contributed by atoms with van der Waals surface area (Å²) in [6, 6.07) is 12.1. The number of benzene rings is 2. The van der Waals surface area contributed by atoms with Crippen LogP contribution in [0.3, 0.4) is 0 Å². The molecule has 1 aliphatic carbocycles. The van der Waals surface area contributed by atoms with E-state index in [0.29, 0.717) is 11.1 Å². The molecule has 0 bridgehead atoms. The molecule has 1 fully saturated rings. The van der Waals surface area contributed by atoms with E-state index in [-0.39, 0.29) is 34.8 Å². The fourth-order valence-electron chi connectivity index (χ4n) is 4.78. The predicted molar refractivity (Wildman–Crippen MR) is 150 cm³/mol. The highest BCUT2D eigenvalue weighted by Crippen LogP contribution is 2.32. The van der Waals surface area contributed by atoms with E-state index >= 15 is 0 Å². The van der Waals surface area contributed by atoms with Gasteiger partial charge in [0.05, 0.1) is 5.69 Å². The molecule has 0 aliphatic heterocycles. The van der Waals surface area contributed by atoms with Gasteiger partial charge in [-0.2, -0.15) is 4.37 Å². The smallest absolute Gasteiger partial charge is 0.270 e. The molecule has 1 heterocycles. The Hall–Kier alpha value is -3.99. The highest BCUT2D eigenvalue weighted by Gasteiger charge is 2.36. The molecule has 0 radical (unpaired) electrons. The quantitative estimate of drug-likeness (QED) is 0.369.